The molecule has 6 nitrogen and oxygen atoms in total. The summed E-state index contributed by atoms with van der Waals surface area (Å²) in [7, 11) is 0. The molecular formula is C18H14N4O2S. The van der Waals surface area contributed by atoms with E-state index in [4.69, 9.17) is 0 Å². The summed E-state index contributed by atoms with van der Waals surface area (Å²) >= 11 is 1.35. The summed E-state index contributed by atoms with van der Waals surface area (Å²) in [6, 6.07) is 12.6. The summed E-state index contributed by atoms with van der Waals surface area (Å²) in [5.41, 5.74) is 2.97. The van der Waals surface area contributed by atoms with Gasteiger partial charge in [-0.05, 0) is 23.8 Å². The average molecular weight is 350 g/mol. The van der Waals surface area contributed by atoms with Crippen LogP contribution in [0.3, 0.4) is 0 Å². The highest BCUT2D eigenvalue weighted by Crippen LogP contribution is 2.28. The van der Waals surface area contributed by atoms with Crippen LogP contribution in [0.25, 0.3) is 11.4 Å². The molecule has 0 aliphatic carbocycles. The molecule has 0 saturated carbocycles. The molecule has 0 saturated heterocycles. The zero-order valence-corrected chi connectivity index (χ0v) is 13.9. The Morgan fingerprint density at radius 3 is 2.84 bits per heavy atom. The van der Waals surface area contributed by atoms with E-state index in [1.54, 1.807) is 12.3 Å². The maximum atomic E-state index is 12.3. The number of carbonyl (C=O) groups is 2. The Morgan fingerprint density at radius 2 is 2.00 bits per heavy atom. The largest absolute Gasteiger partial charge is 0.345 e. The number of thiazole rings is 1. The molecule has 124 valence electrons. The van der Waals surface area contributed by atoms with Crippen LogP contribution in [0.15, 0.2) is 54.0 Å². The van der Waals surface area contributed by atoms with Gasteiger partial charge in [-0.25, -0.2) is 4.98 Å². The number of hydrogen-bond donors (Lipinski definition) is 2. The summed E-state index contributed by atoms with van der Waals surface area (Å²) < 4.78 is 0. The van der Waals surface area contributed by atoms with E-state index in [1.165, 1.54) is 11.3 Å². The molecule has 3 heterocycles. The van der Waals surface area contributed by atoms with Gasteiger partial charge in [0.05, 0.1) is 18.2 Å². The van der Waals surface area contributed by atoms with Crippen molar-refractivity contribution in [3.63, 3.8) is 0 Å². The number of pyridine rings is 1. The lowest BCUT2D eigenvalue weighted by atomic mass is 10.0. The average Bonchev–Trinajstić information content (AvgIpc) is 3.21. The molecule has 0 spiro atoms. The molecule has 2 amide bonds. The molecule has 1 aliphatic heterocycles. The summed E-state index contributed by atoms with van der Waals surface area (Å²) in [5, 5.41) is 8.00. The fourth-order valence-corrected chi connectivity index (χ4v) is 3.52. The third-order valence-corrected chi connectivity index (χ3v) is 4.71. The van der Waals surface area contributed by atoms with Crippen LogP contribution in [-0.2, 0) is 4.79 Å². The lowest BCUT2D eigenvalue weighted by molar-refractivity contribution is -0.116. The van der Waals surface area contributed by atoms with Crippen molar-refractivity contribution in [1.29, 1.82) is 0 Å². The van der Waals surface area contributed by atoms with E-state index in [1.807, 2.05) is 41.8 Å². The number of nitrogens with zero attached hydrogens (tertiary/aromatic N) is 2. The molecule has 0 radical (unpaired) electrons. The second-order valence-corrected chi connectivity index (χ2v) is 6.48. The molecule has 1 aromatic carbocycles. The Kier molecular flexibility index (Phi) is 3.99. The van der Waals surface area contributed by atoms with E-state index in [9.17, 15) is 9.59 Å². The lowest BCUT2D eigenvalue weighted by Gasteiger charge is -2.10. The van der Waals surface area contributed by atoms with E-state index < -0.39 is 0 Å². The molecule has 1 aliphatic rings. The van der Waals surface area contributed by atoms with E-state index in [0.29, 0.717) is 10.7 Å². The highest BCUT2D eigenvalue weighted by atomic mass is 32.1. The van der Waals surface area contributed by atoms with E-state index in [-0.39, 0.29) is 24.3 Å². The zero-order chi connectivity index (χ0) is 17.2. The number of fused-ring (bicyclic) bond motifs is 1. The third-order valence-electron chi connectivity index (χ3n) is 3.95. The summed E-state index contributed by atoms with van der Waals surface area (Å²) in [4.78, 5) is 32.9. The molecule has 1 atom stereocenters. The van der Waals surface area contributed by atoms with Crippen molar-refractivity contribution in [3.05, 3.63) is 65.2 Å². The van der Waals surface area contributed by atoms with Gasteiger partial charge in [0, 0.05) is 17.1 Å². The van der Waals surface area contributed by atoms with Crippen molar-refractivity contribution in [2.45, 2.75) is 12.5 Å². The van der Waals surface area contributed by atoms with Crippen molar-refractivity contribution >= 4 is 28.3 Å². The number of hydrogen-bond acceptors (Lipinski definition) is 5. The maximum Gasteiger partial charge on any atom is 0.252 e. The number of aromatic nitrogens is 2. The highest BCUT2D eigenvalue weighted by Gasteiger charge is 2.29. The Labute approximate surface area is 148 Å². The standard InChI is InChI=1S/C18H14N4O2S/c23-16(9-14-11-5-1-2-6-12(11)17(24)20-14)22-18-21-15(10-25-18)13-7-3-4-8-19-13/h1-8,10,14H,9H2,(H,20,24)(H,21,22,23)/t14-/m0/s1. The second kappa shape index (κ2) is 6.45. The first-order chi connectivity index (χ1) is 12.2. The van der Waals surface area contributed by atoms with Gasteiger partial charge in [0.15, 0.2) is 5.13 Å². The van der Waals surface area contributed by atoms with Gasteiger partial charge >= 0.3 is 0 Å². The van der Waals surface area contributed by atoms with Gasteiger partial charge in [-0.15, -0.1) is 11.3 Å². The maximum absolute atomic E-state index is 12.3. The number of anilines is 1. The predicted molar refractivity (Wildman–Crippen MR) is 95.2 cm³/mol. The van der Waals surface area contributed by atoms with Crippen LogP contribution in [-0.4, -0.2) is 21.8 Å². The first kappa shape index (κ1) is 15.5. The molecule has 4 rings (SSSR count). The summed E-state index contributed by atoms with van der Waals surface area (Å²) in [6.07, 6.45) is 1.87. The Morgan fingerprint density at radius 1 is 1.16 bits per heavy atom. The van der Waals surface area contributed by atoms with E-state index in [0.717, 1.165) is 17.0 Å². The fourth-order valence-electron chi connectivity index (χ4n) is 2.80. The first-order valence-corrected chi connectivity index (χ1v) is 8.65. The number of amides is 2. The van der Waals surface area contributed by atoms with Gasteiger partial charge < -0.3 is 10.6 Å². The monoisotopic (exact) mass is 350 g/mol. The topological polar surface area (TPSA) is 84.0 Å². The number of rotatable bonds is 4. The fraction of sp³-hybridized carbons (Fsp3) is 0.111. The van der Waals surface area contributed by atoms with Crippen LogP contribution in [0.2, 0.25) is 0 Å². The van der Waals surface area contributed by atoms with Crippen LogP contribution in [0.1, 0.15) is 28.4 Å². The van der Waals surface area contributed by atoms with Gasteiger partial charge in [0.2, 0.25) is 5.91 Å². The van der Waals surface area contributed by atoms with E-state index in [2.05, 4.69) is 20.6 Å². The predicted octanol–water partition coefficient (Wildman–Crippen LogP) is 3.02. The smallest absolute Gasteiger partial charge is 0.252 e. The Hall–Kier alpha value is -3.06. The quantitative estimate of drug-likeness (QED) is 0.757. The number of nitrogens with one attached hydrogen (secondary N) is 2. The minimum Gasteiger partial charge on any atom is -0.345 e. The molecule has 0 fully saturated rings. The molecule has 0 unspecified atom stereocenters. The molecular weight excluding hydrogens is 336 g/mol. The number of benzene rings is 1. The van der Waals surface area contributed by atoms with Gasteiger partial charge in [0.1, 0.15) is 5.69 Å². The summed E-state index contributed by atoms with van der Waals surface area (Å²) in [5.74, 6) is -0.330. The zero-order valence-electron chi connectivity index (χ0n) is 13.1. The Bertz CT molecular complexity index is 939. The van der Waals surface area contributed by atoms with Gasteiger partial charge in [0.25, 0.3) is 5.91 Å². The van der Waals surface area contributed by atoms with Crippen LogP contribution >= 0.6 is 11.3 Å². The first-order valence-electron chi connectivity index (χ1n) is 7.77. The van der Waals surface area contributed by atoms with Crippen molar-refractivity contribution < 1.29 is 9.59 Å². The van der Waals surface area contributed by atoms with Crippen LogP contribution in [0, 0.1) is 0 Å². The SMILES string of the molecule is O=C(C[C@@H]1NC(=O)c2ccccc21)Nc1nc(-c2ccccn2)cs1. The molecule has 7 heteroatoms. The number of carbonyl (C=O) groups excluding carboxylic acids is 2. The van der Waals surface area contributed by atoms with Crippen molar-refractivity contribution in [2.24, 2.45) is 0 Å². The van der Waals surface area contributed by atoms with Crippen molar-refractivity contribution in [3.8, 4) is 11.4 Å². The molecule has 2 aromatic heterocycles. The Balaban J connectivity index is 1.44. The molecule has 0 bridgehead atoms. The molecule has 2 N–H and O–H groups in total. The van der Waals surface area contributed by atoms with Crippen LogP contribution in [0.4, 0.5) is 5.13 Å². The molecule has 3 aromatic rings. The lowest BCUT2D eigenvalue weighted by Crippen LogP contribution is -2.24. The molecule has 25 heavy (non-hydrogen) atoms. The third kappa shape index (κ3) is 3.14. The summed E-state index contributed by atoms with van der Waals surface area (Å²) in [6.45, 7) is 0. The highest BCUT2D eigenvalue weighted by molar-refractivity contribution is 7.14. The van der Waals surface area contributed by atoms with Crippen LogP contribution < -0.4 is 10.6 Å². The van der Waals surface area contributed by atoms with Crippen molar-refractivity contribution in [2.75, 3.05) is 5.32 Å². The van der Waals surface area contributed by atoms with Gasteiger partial charge in [-0.3, -0.25) is 14.6 Å². The van der Waals surface area contributed by atoms with Crippen molar-refractivity contribution in [1.82, 2.24) is 15.3 Å². The normalized spacial score (nSPS) is 15.5. The minimum atomic E-state index is -0.307. The van der Waals surface area contributed by atoms with Gasteiger partial charge in [-0.1, -0.05) is 24.3 Å². The second-order valence-electron chi connectivity index (χ2n) is 5.62. The van der Waals surface area contributed by atoms with E-state index >= 15 is 0 Å². The minimum absolute atomic E-state index is 0.139. The van der Waals surface area contributed by atoms with Crippen LogP contribution in [0.5, 0.6) is 0 Å². The van der Waals surface area contributed by atoms with Gasteiger partial charge in [-0.2, -0.15) is 0 Å².